The summed E-state index contributed by atoms with van der Waals surface area (Å²) in [5.41, 5.74) is 4.67. The Hall–Kier alpha value is -2.54. The highest BCUT2D eigenvalue weighted by molar-refractivity contribution is 6.47. The van der Waals surface area contributed by atoms with Crippen LogP contribution < -0.4 is 0 Å². The average Bonchev–Trinajstić information content (AvgIpc) is 2.92. The summed E-state index contributed by atoms with van der Waals surface area (Å²) in [6, 6.07) is 0.418. The first-order valence-electron chi connectivity index (χ1n) is 13.9. The topological polar surface area (TPSA) is 68.5 Å². The third-order valence-corrected chi connectivity index (χ3v) is 7.99. The van der Waals surface area contributed by atoms with Crippen molar-refractivity contribution in [3.8, 4) is 0 Å². The fourth-order valence-corrected chi connectivity index (χ4v) is 5.57. The minimum atomic E-state index is -0.755. The van der Waals surface area contributed by atoms with Gasteiger partial charge in [-0.05, 0) is 57.2 Å². The summed E-state index contributed by atoms with van der Waals surface area (Å²) in [6.07, 6.45) is 24.5. The Balaban J connectivity index is 1.48. The van der Waals surface area contributed by atoms with E-state index in [1.807, 2.05) is 12.2 Å². The number of halogens is 1. The van der Waals surface area contributed by atoms with Crippen molar-refractivity contribution < 1.29 is 9.90 Å². The van der Waals surface area contributed by atoms with E-state index in [0.717, 1.165) is 63.3 Å². The lowest BCUT2D eigenvalue weighted by Gasteiger charge is -2.42. The fraction of sp³-hybridized carbons (Fsp3) is 0.516. The van der Waals surface area contributed by atoms with Gasteiger partial charge in [0.05, 0.1) is 28.9 Å². The number of carboxylic acids is 1. The second kappa shape index (κ2) is 14.0. The molecule has 7 heteroatoms. The Morgan fingerprint density at radius 2 is 2.16 bits per heavy atom. The number of rotatable bonds is 12. The van der Waals surface area contributed by atoms with Gasteiger partial charge < -0.3 is 10.0 Å². The van der Waals surface area contributed by atoms with Crippen LogP contribution in [0.25, 0.3) is 0 Å². The van der Waals surface area contributed by atoms with Crippen LogP contribution in [0.1, 0.15) is 44.9 Å². The van der Waals surface area contributed by atoms with Gasteiger partial charge in [-0.3, -0.25) is 19.7 Å². The molecule has 1 saturated heterocycles. The lowest BCUT2D eigenvalue weighted by atomic mass is 9.92. The van der Waals surface area contributed by atoms with E-state index in [4.69, 9.17) is 26.7 Å². The van der Waals surface area contributed by atoms with Crippen molar-refractivity contribution in [2.24, 2.45) is 9.98 Å². The molecule has 2 aliphatic heterocycles. The Bertz CT molecular complexity index is 1080. The smallest absolute Gasteiger partial charge is 0.303 e. The predicted molar refractivity (Wildman–Crippen MR) is 159 cm³/mol. The van der Waals surface area contributed by atoms with Gasteiger partial charge in [-0.15, -0.1) is 18.2 Å². The zero-order valence-corrected chi connectivity index (χ0v) is 23.3. The van der Waals surface area contributed by atoms with Crippen LogP contribution in [0.15, 0.2) is 82.4 Å². The molecule has 0 aromatic rings. The molecule has 4 rings (SSSR count). The highest BCUT2D eigenvalue weighted by Gasteiger charge is 2.31. The van der Waals surface area contributed by atoms with Crippen LogP contribution >= 0.6 is 11.6 Å². The zero-order valence-electron chi connectivity index (χ0n) is 22.5. The third-order valence-electron chi connectivity index (χ3n) is 7.63. The normalized spacial score (nSPS) is 26.8. The molecule has 2 heterocycles. The Morgan fingerprint density at radius 1 is 1.29 bits per heavy atom. The van der Waals surface area contributed by atoms with Gasteiger partial charge in [0.1, 0.15) is 0 Å². The number of aliphatic carboxylic acids is 1. The van der Waals surface area contributed by atoms with Gasteiger partial charge in [0, 0.05) is 38.6 Å². The molecule has 0 radical (unpaired) electrons. The third kappa shape index (κ3) is 7.98. The molecule has 0 aromatic carbocycles. The molecule has 0 saturated carbocycles. The van der Waals surface area contributed by atoms with Crippen LogP contribution in [0.2, 0.25) is 0 Å². The number of nitrogens with zero attached hydrogens (tertiary/aromatic N) is 4. The van der Waals surface area contributed by atoms with Gasteiger partial charge in [0.2, 0.25) is 0 Å². The number of piperazine rings is 1. The maximum Gasteiger partial charge on any atom is 0.303 e. The molecule has 4 atom stereocenters. The van der Waals surface area contributed by atoms with Crippen molar-refractivity contribution in [2.45, 2.75) is 68.4 Å². The highest BCUT2D eigenvalue weighted by Crippen LogP contribution is 2.27. The standard InChI is InChI=1S/C31H41ClN4O2/c1-3-25(32)12-9-14-27-26(13-7-8-15-31(37)38)34-29-20-23(16-17-28(29)33-27)21-36-19-18-35(2)22-30(36)24-10-5-4-6-11-24/h3-5,9-10,14,16-17,20,25,28-30H,1,6-8,11-13,15,18-19,21-22H2,2H3,(H,37,38)/b14-9+. The quantitative estimate of drug-likeness (QED) is 0.206. The van der Waals surface area contributed by atoms with E-state index in [2.05, 4.69) is 59.9 Å². The molecule has 0 bridgehead atoms. The van der Waals surface area contributed by atoms with Crippen LogP contribution in [-0.2, 0) is 4.79 Å². The molecule has 0 amide bonds. The Morgan fingerprint density at radius 3 is 2.92 bits per heavy atom. The number of carbonyl (C=O) groups is 1. The van der Waals surface area contributed by atoms with E-state index in [1.165, 1.54) is 11.1 Å². The van der Waals surface area contributed by atoms with Crippen LogP contribution in [-0.4, -0.2) is 89.0 Å². The van der Waals surface area contributed by atoms with Crippen LogP contribution in [0.3, 0.4) is 0 Å². The second-order valence-corrected chi connectivity index (χ2v) is 11.2. The largest absolute Gasteiger partial charge is 0.481 e. The maximum absolute atomic E-state index is 11.0. The summed E-state index contributed by atoms with van der Waals surface area (Å²) in [5, 5.41) is 8.90. The number of hydrogen-bond acceptors (Lipinski definition) is 5. The second-order valence-electron chi connectivity index (χ2n) is 10.6. The highest BCUT2D eigenvalue weighted by atomic mass is 35.5. The van der Waals surface area contributed by atoms with Gasteiger partial charge in [-0.1, -0.05) is 54.2 Å². The minimum Gasteiger partial charge on any atom is -0.481 e. The number of allylic oxidation sites excluding steroid dienone is 6. The summed E-state index contributed by atoms with van der Waals surface area (Å²) in [7, 11) is 2.22. The number of carboxylic acid groups (broad SMARTS) is 1. The van der Waals surface area contributed by atoms with Crippen LogP contribution in [0, 0.1) is 0 Å². The molecule has 2 aliphatic carbocycles. The maximum atomic E-state index is 11.0. The van der Waals surface area contributed by atoms with Gasteiger partial charge in [0.15, 0.2) is 0 Å². The molecule has 4 unspecified atom stereocenters. The number of fused-ring (bicyclic) bond motifs is 1. The summed E-state index contributed by atoms with van der Waals surface area (Å²) in [4.78, 5) is 26.2. The Labute approximate surface area is 232 Å². The number of alkyl halides is 1. The molecule has 6 nitrogen and oxygen atoms in total. The summed E-state index contributed by atoms with van der Waals surface area (Å²) in [6.45, 7) is 7.86. The summed E-state index contributed by atoms with van der Waals surface area (Å²) < 4.78 is 0. The molecular formula is C31H41ClN4O2. The monoisotopic (exact) mass is 536 g/mol. The molecule has 4 aliphatic rings. The predicted octanol–water partition coefficient (Wildman–Crippen LogP) is 5.39. The number of likely N-dealkylation sites (N-methyl/N-ethyl adjacent to an activating group) is 1. The van der Waals surface area contributed by atoms with Crippen molar-refractivity contribution in [3.63, 3.8) is 0 Å². The zero-order chi connectivity index (χ0) is 26.9. The summed E-state index contributed by atoms with van der Waals surface area (Å²) >= 11 is 6.20. The van der Waals surface area contributed by atoms with E-state index >= 15 is 0 Å². The van der Waals surface area contributed by atoms with Crippen LogP contribution in [0.5, 0.6) is 0 Å². The first-order chi connectivity index (χ1) is 18.4. The number of unbranched alkanes of at least 4 members (excludes halogenated alkanes) is 1. The van der Waals surface area contributed by atoms with Gasteiger partial charge >= 0.3 is 5.97 Å². The van der Waals surface area contributed by atoms with Crippen molar-refractivity contribution >= 4 is 29.0 Å². The summed E-state index contributed by atoms with van der Waals surface area (Å²) in [5.74, 6) is -0.755. The SMILES string of the molecule is C=CC(Cl)C/C=C/C1=NC2C=CC(CN3CCN(C)CC3C3=CC=CCC3)=CC2N=C1CCCCC(=O)O. The van der Waals surface area contributed by atoms with Crippen molar-refractivity contribution in [1.82, 2.24) is 9.80 Å². The van der Waals surface area contributed by atoms with Crippen molar-refractivity contribution in [2.75, 3.05) is 33.2 Å². The lowest BCUT2D eigenvalue weighted by Crippen LogP contribution is -2.53. The van der Waals surface area contributed by atoms with Gasteiger partial charge in [-0.2, -0.15) is 0 Å². The van der Waals surface area contributed by atoms with Gasteiger partial charge in [-0.25, -0.2) is 0 Å². The first-order valence-corrected chi connectivity index (χ1v) is 14.3. The minimum absolute atomic E-state index is 0.0122. The van der Waals surface area contributed by atoms with E-state index in [1.54, 1.807) is 6.08 Å². The van der Waals surface area contributed by atoms with Crippen molar-refractivity contribution in [1.29, 1.82) is 0 Å². The molecule has 0 aromatic heterocycles. The number of aliphatic imine (C=N–C) groups is 2. The molecule has 1 N–H and O–H groups in total. The fourth-order valence-electron chi connectivity index (χ4n) is 5.47. The molecule has 204 valence electrons. The number of hydrogen-bond donors (Lipinski definition) is 1. The van der Waals surface area contributed by atoms with Crippen molar-refractivity contribution in [3.05, 3.63) is 72.4 Å². The Kier molecular flexibility index (Phi) is 10.5. The van der Waals surface area contributed by atoms with Gasteiger partial charge in [0.25, 0.3) is 0 Å². The molecule has 0 spiro atoms. The van der Waals surface area contributed by atoms with E-state index in [9.17, 15) is 4.79 Å². The molecular weight excluding hydrogens is 496 g/mol. The van der Waals surface area contributed by atoms with Crippen LogP contribution in [0.4, 0.5) is 0 Å². The molecule has 38 heavy (non-hydrogen) atoms. The van der Waals surface area contributed by atoms with E-state index in [-0.39, 0.29) is 23.9 Å². The van der Waals surface area contributed by atoms with E-state index < -0.39 is 5.97 Å². The first kappa shape index (κ1) is 28.5. The average molecular weight is 537 g/mol. The lowest BCUT2D eigenvalue weighted by molar-refractivity contribution is -0.137. The van der Waals surface area contributed by atoms with E-state index in [0.29, 0.717) is 18.9 Å². The molecule has 1 fully saturated rings.